The van der Waals surface area contributed by atoms with Gasteiger partial charge in [0.05, 0.1) is 0 Å². The van der Waals surface area contributed by atoms with Gasteiger partial charge in [0, 0.05) is 18.8 Å². The third-order valence-electron chi connectivity index (χ3n) is 2.63. The number of nitrogens with one attached hydrogen (secondary N) is 2. The maximum atomic E-state index is 3.40. The van der Waals surface area contributed by atoms with E-state index < -0.39 is 0 Å². The molecule has 1 aromatic carbocycles. The Hall–Kier alpha value is -1.02. The summed E-state index contributed by atoms with van der Waals surface area (Å²) in [7, 11) is 0. The molecule has 1 aromatic rings. The molecule has 2 nitrogen and oxygen atoms in total. The molecule has 1 rings (SSSR count). The van der Waals surface area contributed by atoms with Crippen molar-refractivity contribution in [3.8, 4) is 0 Å². The second kappa shape index (κ2) is 5.90. The molecule has 0 heterocycles. The van der Waals surface area contributed by atoms with Crippen molar-refractivity contribution in [1.29, 1.82) is 0 Å². The highest BCUT2D eigenvalue weighted by Gasteiger charge is 2.12. The summed E-state index contributed by atoms with van der Waals surface area (Å²) in [6.07, 6.45) is 0. The Morgan fingerprint density at radius 3 is 2.12 bits per heavy atom. The van der Waals surface area contributed by atoms with Crippen LogP contribution in [0.5, 0.6) is 0 Å². The number of anilines is 1. The zero-order valence-electron chi connectivity index (χ0n) is 10.9. The number of rotatable bonds is 5. The monoisotopic (exact) mass is 220 g/mol. The Kier molecular flexibility index (Phi) is 4.81. The van der Waals surface area contributed by atoms with E-state index in [1.807, 2.05) is 0 Å². The molecule has 2 heteroatoms. The van der Waals surface area contributed by atoms with Gasteiger partial charge in [0.2, 0.25) is 0 Å². The van der Waals surface area contributed by atoms with Gasteiger partial charge in [-0.05, 0) is 29.7 Å². The maximum absolute atomic E-state index is 3.40. The van der Waals surface area contributed by atoms with E-state index >= 15 is 0 Å². The van der Waals surface area contributed by atoms with Crippen molar-refractivity contribution >= 4 is 5.69 Å². The molecule has 2 N–H and O–H groups in total. The number of hydrogen-bond acceptors (Lipinski definition) is 2. The van der Waals surface area contributed by atoms with E-state index in [0.717, 1.165) is 19.6 Å². The van der Waals surface area contributed by atoms with Crippen LogP contribution in [-0.4, -0.2) is 19.6 Å². The molecule has 0 spiro atoms. The molecular formula is C14H24N2. The minimum Gasteiger partial charge on any atom is -0.384 e. The minimum atomic E-state index is 0.238. The standard InChI is InChI=1S/C14H24N2/c1-5-15-10-11-16-13-8-6-12(7-9-13)14(2,3)4/h6-9,15-16H,5,10-11H2,1-4H3. The molecule has 0 aromatic heterocycles. The Balaban J connectivity index is 2.46. The summed E-state index contributed by atoms with van der Waals surface area (Å²) in [5, 5.41) is 6.69. The van der Waals surface area contributed by atoms with Crippen molar-refractivity contribution in [2.24, 2.45) is 0 Å². The second-order valence-corrected chi connectivity index (χ2v) is 5.11. The summed E-state index contributed by atoms with van der Waals surface area (Å²) in [4.78, 5) is 0. The summed E-state index contributed by atoms with van der Waals surface area (Å²) in [6, 6.07) is 8.73. The van der Waals surface area contributed by atoms with Crippen LogP contribution in [0, 0.1) is 0 Å². The normalized spacial score (nSPS) is 11.5. The smallest absolute Gasteiger partial charge is 0.0340 e. The van der Waals surface area contributed by atoms with Gasteiger partial charge in [-0.1, -0.05) is 39.8 Å². The Morgan fingerprint density at radius 2 is 1.62 bits per heavy atom. The summed E-state index contributed by atoms with van der Waals surface area (Å²) in [5.74, 6) is 0. The van der Waals surface area contributed by atoms with Crippen LogP contribution in [-0.2, 0) is 5.41 Å². The molecule has 0 saturated carbocycles. The molecule has 0 fully saturated rings. The lowest BCUT2D eigenvalue weighted by molar-refractivity contribution is 0.590. The van der Waals surface area contributed by atoms with Crippen molar-refractivity contribution < 1.29 is 0 Å². The van der Waals surface area contributed by atoms with Crippen LogP contribution >= 0.6 is 0 Å². The van der Waals surface area contributed by atoms with Crippen molar-refractivity contribution in [3.05, 3.63) is 29.8 Å². The first-order chi connectivity index (χ1) is 7.54. The van der Waals surface area contributed by atoms with E-state index in [1.165, 1.54) is 11.3 Å². The van der Waals surface area contributed by atoms with Crippen LogP contribution < -0.4 is 10.6 Å². The quantitative estimate of drug-likeness (QED) is 0.745. The van der Waals surface area contributed by atoms with Crippen LogP contribution in [0.25, 0.3) is 0 Å². The van der Waals surface area contributed by atoms with Crippen LogP contribution in [0.3, 0.4) is 0 Å². The number of likely N-dealkylation sites (N-methyl/N-ethyl adjacent to an activating group) is 1. The van der Waals surface area contributed by atoms with E-state index in [1.54, 1.807) is 0 Å². The lowest BCUT2D eigenvalue weighted by Crippen LogP contribution is -2.21. The average molecular weight is 220 g/mol. The largest absolute Gasteiger partial charge is 0.384 e. The van der Waals surface area contributed by atoms with Crippen LogP contribution in [0.15, 0.2) is 24.3 Å². The first kappa shape index (κ1) is 13.0. The fraction of sp³-hybridized carbons (Fsp3) is 0.571. The fourth-order valence-electron chi connectivity index (χ4n) is 1.56. The van der Waals surface area contributed by atoms with Gasteiger partial charge >= 0.3 is 0 Å². The molecule has 16 heavy (non-hydrogen) atoms. The molecule has 0 amide bonds. The van der Waals surface area contributed by atoms with Crippen LogP contribution in [0.2, 0.25) is 0 Å². The number of hydrogen-bond donors (Lipinski definition) is 2. The summed E-state index contributed by atoms with van der Waals surface area (Å²) in [6.45, 7) is 11.9. The van der Waals surface area contributed by atoms with E-state index in [4.69, 9.17) is 0 Å². The molecule has 0 radical (unpaired) electrons. The molecule has 0 aliphatic carbocycles. The summed E-state index contributed by atoms with van der Waals surface area (Å²) >= 11 is 0. The van der Waals surface area contributed by atoms with Crippen LogP contribution in [0.4, 0.5) is 5.69 Å². The SMILES string of the molecule is CCNCCNc1ccc(C(C)(C)C)cc1. The minimum absolute atomic E-state index is 0.238. The Labute approximate surface area is 99.5 Å². The maximum Gasteiger partial charge on any atom is 0.0340 e. The molecule has 0 atom stereocenters. The first-order valence-corrected chi connectivity index (χ1v) is 6.09. The highest BCUT2D eigenvalue weighted by atomic mass is 14.9. The van der Waals surface area contributed by atoms with Gasteiger partial charge in [0.25, 0.3) is 0 Å². The van der Waals surface area contributed by atoms with E-state index in [2.05, 4.69) is 62.6 Å². The zero-order valence-corrected chi connectivity index (χ0v) is 10.9. The van der Waals surface area contributed by atoms with Crippen molar-refractivity contribution in [2.75, 3.05) is 25.0 Å². The zero-order chi connectivity index (χ0) is 12.0. The second-order valence-electron chi connectivity index (χ2n) is 5.11. The van der Waals surface area contributed by atoms with Gasteiger partial charge in [0.1, 0.15) is 0 Å². The molecule has 0 aliphatic heterocycles. The van der Waals surface area contributed by atoms with E-state index in [0.29, 0.717) is 0 Å². The topological polar surface area (TPSA) is 24.1 Å². The van der Waals surface area contributed by atoms with Crippen molar-refractivity contribution in [2.45, 2.75) is 33.1 Å². The summed E-state index contributed by atoms with van der Waals surface area (Å²) < 4.78 is 0. The molecule has 0 aliphatic rings. The van der Waals surface area contributed by atoms with E-state index in [-0.39, 0.29) is 5.41 Å². The van der Waals surface area contributed by atoms with Gasteiger partial charge in [-0.25, -0.2) is 0 Å². The van der Waals surface area contributed by atoms with E-state index in [9.17, 15) is 0 Å². The molecule has 0 bridgehead atoms. The fourth-order valence-corrected chi connectivity index (χ4v) is 1.56. The van der Waals surface area contributed by atoms with Gasteiger partial charge in [-0.2, -0.15) is 0 Å². The molecular weight excluding hydrogens is 196 g/mol. The predicted molar refractivity (Wildman–Crippen MR) is 72.2 cm³/mol. The van der Waals surface area contributed by atoms with Gasteiger partial charge in [0.15, 0.2) is 0 Å². The Bertz CT molecular complexity index is 296. The highest BCUT2D eigenvalue weighted by Crippen LogP contribution is 2.23. The average Bonchev–Trinajstić information content (AvgIpc) is 2.24. The molecule has 0 unspecified atom stereocenters. The Morgan fingerprint density at radius 1 is 1.00 bits per heavy atom. The summed E-state index contributed by atoms with van der Waals surface area (Å²) in [5.41, 5.74) is 2.82. The predicted octanol–water partition coefficient (Wildman–Crippen LogP) is 3.01. The third kappa shape index (κ3) is 4.23. The van der Waals surface area contributed by atoms with Gasteiger partial charge in [-0.3, -0.25) is 0 Å². The van der Waals surface area contributed by atoms with Crippen molar-refractivity contribution in [3.63, 3.8) is 0 Å². The van der Waals surface area contributed by atoms with Crippen molar-refractivity contribution in [1.82, 2.24) is 5.32 Å². The highest BCUT2D eigenvalue weighted by molar-refractivity contribution is 5.45. The van der Waals surface area contributed by atoms with Gasteiger partial charge in [-0.15, -0.1) is 0 Å². The lowest BCUT2D eigenvalue weighted by Gasteiger charge is -2.19. The molecule has 90 valence electrons. The molecule has 0 saturated heterocycles. The lowest BCUT2D eigenvalue weighted by atomic mass is 9.87. The van der Waals surface area contributed by atoms with Crippen LogP contribution in [0.1, 0.15) is 33.3 Å². The first-order valence-electron chi connectivity index (χ1n) is 6.09. The third-order valence-corrected chi connectivity index (χ3v) is 2.63. The number of benzene rings is 1. The van der Waals surface area contributed by atoms with Gasteiger partial charge < -0.3 is 10.6 Å².